The van der Waals surface area contributed by atoms with E-state index in [1.54, 1.807) is 24.5 Å². The number of hydrogen-bond acceptors (Lipinski definition) is 8. The first-order valence-electron chi connectivity index (χ1n) is 10.6. The average molecular weight is 445 g/mol. The largest absolute Gasteiger partial charge is 0.329 e. The number of nitrogens with one attached hydrogen (secondary N) is 1. The van der Waals surface area contributed by atoms with Crippen molar-refractivity contribution >= 4 is 38.5 Å². The lowest BCUT2D eigenvalue weighted by Gasteiger charge is -2.20. The zero-order chi connectivity index (χ0) is 21.8. The Balaban J connectivity index is 1.55. The van der Waals surface area contributed by atoms with Crippen LogP contribution in [0.2, 0.25) is 0 Å². The summed E-state index contributed by atoms with van der Waals surface area (Å²) in [7, 11) is -3.45. The van der Waals surface area contributed by atoms with Crippen LogP contribution in [0.1, 0.15) is 44.6 Å². The molecule has 31 heavy (non-hydrogen) atoms. The smallest absolute Gasteiger partial charge is 0.233 e. The van der Waals surface area contributed by atoms with Crippen LogP contribution in [-0.2, 0) is 10.0 Å². The van der Waals surface area contributed by atoms with E-state index in [4.69, 9.17) is 10.7 Å². The molecule has 166 valence electrons. The van der Waals surface area contributed by atoms with Crippen molar-refractivity contribution in [3.05, 3.63) is 30.7 Å². The number of pyridine rings is 1. The minimum absolute atomic E-state index is 0.170. The van der Waals surface area contributed by atoms with E-state index >= 15 is 0 Å². The molecule has 1 aliphatic carbocycles. The van der Waals surface area contributed by atoms with Gasteiger partial charge in [0.15, 0.2) is 5.65 Å². The molecule has 0 unspecified atom stereocenters. The Labute approximate surface area is 181 Å². The summed E-state index contributed by atoms with van der Waals surface area (Å²) in [6.07, 6.45) is 13.5. The van der Waals surface area contributed by atoms with Gasteiger partial charge in [-0.1, -0.05) is 25.7 Å². The molecule has 0 bridgehead atoms. The third kappa shape index (κ3) is 4.93. The van der Waals surface area contributed by atoms with E-state index in [1.165, 1.54) is 30.0 Å². The Morgan fingerprint density at radius 1 is 1.13 bits per heavy atom. The summed E-state index contributed by atoms with van der Waals surface area (Å²) < 4.78 is 27.2. The highest BCUT2D eigenvalue weighted by molar-refractivity contribution is 7.92. The number of nitrogens with two attached hydrogens (primary N) is 1. The second-order valence-electron chi connectivity index (χ2n) is 7.86. The van der Waals surface area contributed by atoms with Crippen molar-refractivity contribution in [3.63, 3.8) is 0 Å². The molecule has 0 saturated heterocycles. The van der Waals surface area contributed by atoms with E-state index in [0.29, 0.717) is 23.5 Å². The van der Waals surface area contributed by atoms with Gasteiger partial charge in [0, 0.05) is 19.3 Å². The molecule has 1 aliphatic rings. The molecule has 3 aromatic heterocycles. The molecule has 10 nitrogen and oxygen atoms in total. The first-order valence-corrected chi connectivity index (χ1v) is 12.4. The summed E-state index contributed by atoms with van der Waals surface area (Å²) in [5.74, 6) is 0.764. The minimum Gasteiger partial charge on any atom is -0.329 e. The summed E-state index contributed by atoms with van der Waals surface area (Å²) in [4.78, 5) is 13.3. The van der Waals surface area contributed by atoms with Crippen LogP contribution >= 0.6 is 0 Å². The zero-order valence-electron chi connectivity index (χ0n) is 17.6. The van der Waals surface area contributed by atoms with Crippen LogP contribution in [0.15, 0.2) is 30.7 Å². The van der Waals surface area contributed by atoms with E-state index in [2.05, 4.69) is 20.4 Å². The molecule has 3 aromatic rings. The van der Waals surface area contributed by atoms with Crippen LogP contribution in [-0.4, -0.2) is 52.5 Å². The van der Waals surface area contributed by atoms with Crippen molar-refractivity contribution in [1.29, 1.82) is 0 Å². The molecule has 1 saturated carbocycles. The maximum absolute atomic E-state index is 12.0. The number of fused-ring (bicyclic) bond motifs is 1. The van der Waals surface area contributed by atoms with Crippen LogP contribution in [0.4, 0.5) is 17.5 Å². The number of aromatic nitrogens is 5. The molecule has 0 atom stereocenters. The number of anilines is 3. The monoisotopic (exact) mass is 444 g/mol. The highest BCUT2D eigenvalue weighted by Crippen LogP contribution is 2.29. The van der Waals surface area contributed by atoms with Crippen molar-refractivity contribution in [2.75, 3.05) is 29.0 Å². The van der Waals surface area contributed by atoms with Gasteiger partial charge in [0.05, 0.1) is 35.8 Å². The van der Waals surface area contributed by atoms with Crippen LogP contribution in [0, 0.1) is 0 Å². The summed E-state index contributed by atoms with van der Waals surface area (Å²) in [6.45, 7) is 0.376. The number of hydrogen-bond donors (Lipinski definition) is 2. The van der Waals surface area contributed by atoms with E-state index in [1.807, 2.05) is 10.9 Å². The Hall–Kier alpha value is -2.79. The Morgan fingerprint density at radius 3 is 2.55 bits per heavy atom. The standard InChI is InChI=1S/C20H28N8O2S/c1-31(29,30)27(11-10-21)18-9-8-16(14-22-18)25-20-23-12-15-13-24-28(19(15)26-20)17-6-4-2-3-5-7-17/h8-9,12-14,17H,2-7,10-11,21H2,1H3,(H,23,25,26). The molecule has 3 N–H and O–H groups in total. The van der Waals surface area contributed by atoms with Gasteiger partial charge in [0.1, 0.15) is 5.82 Å². The lowest BCUT2D eigenvalue weighted by atomic mass is 10.1. The Kier molecular flexibility index (Phi) is 6.33. The summed E-state index contributed by atoms with van der Waals surface area (Å²) in [5.41, 5.74) is 7.01. The fourth-order valence-electron chi connectivity index (χ4n) is 3.97. The van der Waals surface area contributed by atoms with Crippen molar-refractivity contribution in [1.82, 2.24) is 24.7 Å². The van der Waals surface area contributed by atoms with Gasteiger partial charge in [0.2, 0.25) is 16.0 Å². The zero-order valence-corrected chi connectivity index (χ0v) is 18.4. The molecule has 0 aliphatic heterocycles. The van der Waals surface area contributed by atoms with Gasteiger partial charge in [0.25, 0.3) is 0 Å². The first kappa shape index (κ1) is 21.4. The van der Waals surface area contributed by atoms with Crippen molar-refractivity contribution in [2.45, 2.75) is 44.6 Å². The predicted molar refractivity (Wildman–Crippen MR) is 121 cm³/mol. The van der Waals surface area contributed by atoms with Crippen molar-refractivity contribution < 1.29 is 8.42 Å². The van der Waals surface area contributed by atoms with Gasteiger partial charge in [-0.2, -0.15) is 10.1 Å². The molecular formula is C20H28N8O2S. The van der Waals surface area contributed by atoms with Gasteiger partial charge in [-0.25, -0.2) is 23.1 Å². The van der Waals surface area contributed by atoms with E-state index < -0.39 is 10.0 Å². The van der Waals surface area contributed by atoms with Crippen molar-refractivity contribution in [2.24, 2.45) is 5.73 Å². The van der Waals surface area contributed by atoms with Gasteiger partial charge >= 0.3 is 0 Å². The number of sulfonamides is 1. The van der Waals surface area contributed by atoms with Gasteiger partial charge in [-0.3, -0.25) is 4.31 Å². The second-order valence-corrected chi connectivity index (χ2v) is 9.77. The fourth-order valence-corrected chi connectivity index (χ4v) is 4.85. The first-order chi connectivity index (χ1) is 15.0. The van der Waals surface area contributed by atoms with Crippen LogP contribution in [0.25, 0.3) is 11.0 Å². The lowest BCUT2D eigenvalue weighted by Crippen LogP contribution is -2.35. The Bertz CT molecular complexity index is 1120. The molecule has 0 spiro atoms. The van der Waals surface area contributed by atoms with Gasteiger partial charge in [-0.05, 0) is 25.0 Å². The second kappa shape index (κ2) is 9.15. The van der Waals surface area contributed by atoms with E-state index in [0.717, 1.165) is 30.1 Å². The maximum atomic E-state index is 12.0. The van der Waals surface area contributed by atoms with Crippen LogP contribution in [0.3, 0.4) is 0 Å². The molecule has 3 heterocycles. The average Bonchev–Trinajstić information content (AvgIpc) is 2.97. The van der Waals surface area contributed by atoms with Crippen LogP contribution < -0.4 is 15.4 Å². The predicted octanol–water partition coefficient (Wildman–Crippen LogP) is 2.58. The van der Waals surface area contributed by atoms with Crippen molar-refractivity contribution in [3.8, 4) is 0 Å². The molecule has 11 heteroatoms. The summed E-state index contributed by atoms with van der Waals surface area (Å²) in [6, 6.07) is 3.74. The highest BCUT2D eigenvalue weighted by atomic mass is 32.2. The highest BCUT2D eigenvalue weighted by Gasteiger charge is 2.19. The molecule has 0 aromatic carbocycles. The third-order valence-corrected chi connectivity index (χ3v) is 6.67. The molecule has 1 fully saturated rings. The molecule has 0 amide bonds. The lowest BCUT2D eigenvalue weighted by molar-refractivity contribution is 0.415. The summed E-state index contributed by atoms with van der Waals surface area (Å²) in [5, 5.41) is 8.64. The van der Waals surface area contributed by atoms with E-state index in [-0.39, 0.29) is 13.1 Å². The normalized spacial score (nSPS) is 15.7. The van der Waals surface area contributed by atoms with Gasteiger partial charge in [-0.15, -0.1) is 0 Å². The molecular weight excluding hydrogens is 416 g/mol. The third-order valence-electron chi connectivity index (χ3n) is 5.50. The Morgan fingerprint density at radius 2 is 1.90 bits per heavy atom. The quantitative estimate of drug-likeness (QED) is 0.532. The molecule has 0 radical (unpaired) electrons. The molecule has 4 rings (SSSR count). The maximum Gasteiger partial charge on any atom is 0.233 e. The fraction of sp³-hybridized carbons (Fsp3) is 0.500. The number of nitrogens with zero attached hydrogens (tertiary/aromatic N) is 6. The van der Waals surface area contributed by atoms with Gasteiger partial charge < -0.3 is 11.1 Å². The minimum atomic E-state index is -3.45. The summed E-state index contributed by atoms with van der Waals surface area (Å²) >= 11 is 0. The van der Waals surface area contributed by atoms with E-state index in [9.17, 15) is 8.42 Å². The topological polar surface area (TPSA) is 132 Å². The SMILES string of the molecule is CS(=O)(=O)N(CCN)c1ccc(Nc2ncc3cnn(C4CCCCCC4)c3n2)cn1. The number of rotatable bonds is 7. The van der Waals surface area contributed by atoms with Crippen LogP contribution in [0.5, 0.6) is 0 Å².